The smallest absolute Gasteiger partial charge is 0.0681 e. The van der Waals surface area contributed by atoms with Gasteiger partial charge in [0.15, 0.2) is 0 Å². The molecule has 2 rings (SSSR count). The number of nitrogens with zero attached hydrogens (tertiary/aromatic N) is 1. The Labute approximate surface area is 115 Å². The summed E-state index contributed by atoms with van der Waals surface area (Å²) in [5, 5.41) is 10.1. The molecular formula is C14H27NO2S. The molecule has 2 fully saturated rings. The zero-order valence-corrected chi connectivity index (χ0v) is 12.5. The highest BCUT2D eigenvalue weighted by Gasteiger charge is 2.55. The van der Waals surface area contributed by atoms with E-state index in [1.165, 1.54) is 18.1 Å². The van der Waals surface area contributed by atoms with Gasteiger partial charge in [0.25, 0.3) is 0 Å². The van der Waals surface area contributed by atoms with Crippen LogP contribution in [0.3, 0.4) is 0 Å². The maximum atomic E-state index is 10.1. The van der Waals surface area contributed by atoms with Crippen molar-refractivity contribution >= 4 is 11.8 Å². The largest absolute Gasteiger partial charge is 0.392 e. The van der Waals surface area contributed by atoms with Gasteiger partial charge in [0, 0.05) is 30.7 Å². The Morgan fingerprint density at radius 1 is 1.33 bits per heavy atom. The summed E-state index contributed by atoms with van der Waals surface area (Å²) in [7, 11) is 0. The Hall–Kier alpha value is 0.230. The van der Waals surface area contributed by atoms with Gasteiger partial charge in [0.05, 0.1) is 12.2 Å². The first-order chi connectivity index (χ1) is 8.73. The molecule has 0 bridgehead atoms. The second-order valence-corrected chi connectivity index (χ2v) is 6.86. The minimum atomic E-state index is -0.124. The van der Waals surface area contributed by atoms with E-state index in [1.54, 1.807) is 0 Å². The summed E-state index contributed by atoms with van der Waals surface area (Å²) in [6.07, 6.45) is 3.25. The number of piperidine rings is 1. The Balaban J connectivity index is 1.78. The number of hydrogen-bond acceptors (Lipinski definition) is 4. The maximum Gasteiger partial charge on any atom is 0.0681 e. The van der Waals surface area contributed by atoms with Crippen LogP contribution in [0.4, 0.5) is 0 Å². The van der Waals surface area contributed by atoms with Gasteiger partial charge in [-0.2, -0.15) is 11.8 Å². The molecule has 1 aliphatic heterocycles. The van der Waals surface area contributed by atoms with Crippen molar-refractivity contribution in [3.63, 3.8) is 0 Å². The number of likely N-dealkylation sites (tertiary alicyclic amines) is 1. The van der Waals surface area contributed by atoms with Crippen LogP contribution in [-0.4, -0.2) is 60.0 Å². The Bertz CT molecular complexity index is 252. The highest BCUT2D eigenvalue weighted by atomic mass is 32.2. The van der Waals surface area contributed by atoms with Crippen LogP contribution in [0.15, 0.2) is 0 Å². The molecular weight excluding hydrogens is 246 g/mol. The van der Waals surface area contributed by atoms with Gasteiger partial charge >= 0.3 is 0 Å². The van der Waals surface area contributed by atoms with Crippen molar-refractivity contribution in [3.8, 4) is 0 Å². The van der Waals surface area contributed by atoms with Gasteiger partial charge in [-0.25, -0.2) is 0 Å². The zero-order chi connectivity index (χ0) is 13.0. The molecule has 1 spiro atoms. The van der Waals surface area contributed by atoms with Crippen molar-refractivity contribution in [2.75, 3.05) is 37.7 Å². The lowest BCUT2D eigenvalue weighted by atomic mass is 9.58. The number of thioether (sulfide) groups is 1. The predicted molar refractivity (Wildman–Crippen MR) is 77.1 cm³/mol. The molecule has 3 nitrogen and oxygen atoms in total. The summed E-state index contributed by atoms with van der Waals surface area (Å²) < 4.78 is 5.79. The van der Waals surface area contributed by atoms with Gasteiger partial charge in [-0.1, -0.05) is 6.92 Å². The van der Waals surface area contributed by atoms with E-state index in [1.807, 2.05) is 11.8 Å². The van der Waals surface area contributed by atoms with Crippen molar-refractivity contribution in [1.29, 1.82) is 0 Å². The second kappa shape index (κ2) is 6.60. The fourth-order valence-corrected chi connectivity index (χ4v) is 4.02. The van der Waals surface area contributed by atoms with Gasteiger partial charge in [-0.05, 0) is 38.6 Å². The minimum Gasteiger partial charge on any atom is -0.392 e. The van der Waals surface area contributed by atoms with Crippen LogP contribution in [0.2, 0.25) is 0 Å². The highest BCUT2D eigenvalue weighted by molar-refractivity contribution is 7.99. The van der Waals surface area contributed by atoms with Gasteiger partial charge in [-0.15, -0.1) is 0 Å². The van der Waals surface area contributed by atoms with Crippen molar-refractivity contribution in [2.45, 2.75) is 45.3 Å². The van der Waals surface area contributed by atoms with E-state index >= 15 is 0 Å². The predicted octanol–water partition coefficient (Wildman–Crippen LogP) is 1.99. The Kier molecular flexibility index (Phi) is 5.36. The quantitative estimate of drug-likeness (QED) is 0.750. The normalized spacial score (nSPS) is 31.5. The van der Waals surface area contributed by atoms with Crippen LogP contribution in [-0.2, 0) is 4.74 Å². The summed E-state index contributed by atoms with van der Waals surface area (Å²) in [5.41, 5.74) is 0.0877. The van der Waals surface area contributed by atoms with Crippen LogP contribution >= 0.6 is 11.8 Å². The van der Waals surface area contributed by atoms with Crippen LogP contribution in [0.1, 0.15) is 33.1 Å². The minimum absolute atomic E-state index is 0.0877. The zero-order valence-electron chi connectivity index (χ0n) is 11.7. The van der Waals surface area contributed by atoms with E-state index < -0.39 is 0 Å². The first-order valence-electron chi connectivity index (χ1n) is 7.32. The van der Waals surface area contributed by atoms with E-state index in [-0.39, 0.29) is 11.5 Å². The van der Waals surface area contributed by atoms with E-state index in [0.29, 0.717) is 6.10 Å². The fraction of sp³-hybridized carbons (Fsp3) is 1.00. The highest BCUT2D eigenvalue weighted by Crippen LogP contribution is 2.50. The van der Waals surface area contributed by atoms with Crippen molar-refractivity contribution < 1.29 is 9.84 Å². The van der Waals surface area contributed by atoms with Crippen LogP contribution in [0.25, 0.3) is 0 Å². The van der Waals surface area contributed by atoms with Crippen molar-refractivity contribution in [1.82, 2.24) is 4.90 Å². The molecule has 0 radical (unpaired) electrons. The van der Waals surface area contributed by atoms with Crippen LogP contribution in [0, 0.1) is 5.41 Å². The number of aliphatic hydroxyl groups is 1. The van der Waals surface area contributed by atoms with E-state index in [2.05, 4.69) is 18.7 Å². The summed E-state index contributed by atoms with van der Waals surface area (Å²) in [6, 6.07) is 0. The van der Waals surface area contributed by atoms with Gasteiger partial charge in [0.1, 0.15) is 0 Å². The van der Waals surface area contributed by atoms with Gasteiger partial charge < -0.3 is 14.7 Å². The third-order valence-corrected chi connectivity index (χ3v) is 5.53. The lowest BCUT2D eigenvalue weighted by molar-refractivity contribution is -0.209. The van der Waals surface area contributed by atoms with Crippen molar-refractivity contribution in [2.24, 2.45) is 5.41 Å². The molecule has 0 aromatic carbocycles. The molecule has 18 heavy (non-hydrogen) atoms. The number of aliphatic hydroxyl groups excluding tert-OH is 1. The van der Waals surface area contributed by atoms with E-state index in [0.717, 1.165) is 39.0 Å². The molecule has 106 valence electrons. The topological polar surface area (TPSA) is 32.7 Å². The molecule has 2 aliphatic rings. The maximum absolute atomic E-state index is 10.1. The molecule has 1 saturated heterocycles. The Morgan fingerprint density at radius 2 is 2.06 bits per heavy atom. The fourth-order valence-electron chi connectivity index (χ4n) is 3.35. The number of hydrogen-bond donors (Lipinski definition) is 1. The average molecular weight is 273 g/mol. The second-order valence-electron chi connectivity index (χ2n) is 5.47. The Morgan fingerprint density at radius 3 is 2.61 bits per heavy atom. The first kappa shape index (κ1) is 14.6. The summed E-state index contributed by atoms with van der Waals surface area (Å²) >= 11 is 2.01. The molecule has 4 heteroatoms. The molecule has 1 N–H and O–H groups in total. The average Bonchev–Trinajstić information content (AvgIpc) is 2.40. The third-order valence-electron chi connectivity index (χ3n) is 4.65. The van der Waals surface area contributed by atoms with E-state index in [4.69, 9.17) is 4.74 Å². The summed E-state index contributed by atoms with van der Waals surface area (Å²) in [4.78, 5) is 2.54. The molecule has 1 saturated carbocycles. The lowest BCUT2D eigenvalue weighted by Crippen LogP contribution is -2.62. The number of rotatable bonds is 6. The summed E-state index contributed by atoms with van der Waals surface area (Å²) in [6.45, 7) is 8.50. The molecule has 2 unspecified atom stereocenters. The molecule has 0 amide bonds. The molecule has 1 aliphatic carbocycles. The SMILES string of the molecule is CCOC1CC(O)C12CCN(CCSCC)CC2. The van der Waals surface area contributed by atoms with Crippen LogP contribution in [0.5, 0.6) is 0 Å². The molecule has 0 aromatic heterocycles. The lowest BCUT2D eigenvalue weighted by Gasteiger charge is -2.56. The van der Waals surface area contributed by atoms with E-state index in [9.17, 15) is 5.11 Å². The summed E-state index contributed by atoms with van der Waals surface area (Å²) in [5.74, 6) is 2.45. The van der Waals surface area contributed by atoms with Gasteiger partial charge in [0.2, 0.25) is 0 Å². The molecule has 2 atom stereocenters. The monoisotopic (exact) mass is 273 g/mol. The number of ether oxygens (including phenoxy) is 1. The van der Waals surface area contributed by atoms with Crippen molar-refractivity contribution in [3.05, 3.63) is 0 Å². The van der Waals surface area contributed by atoms with Crippen LogP contribution < -0.4 is 0 Å². The molecule has 0 aromatic rings. The van der Waals surface area contributed by atoms with Gasteiger partial charge in [-0.3, -0.25) is 0 Å². The standard InChI is InChI=1S/C14H27NO2S/c1-3-17-13-11-12(16)14(13)5-7-15(8-6-14)9-10-18-4-2/h12-13,16H,3-11H2,1-2H3. The third kappa shape index (κ3) is 2.87. The molecule has 1 heterocycles. The first-order valence-corrected chi connectivity index (χ1v) is 8.48.